The summed E-state index contributed by atoms with van der Waals surface area (Å²) in [6, 6.07) is 3.18. The van der Waals surface area contributed by atoms with Gasteiger partial charge in [0.2, 0.25) is 5.82 Å². The number of rotatable bonds is 5. The second kappa shape index (κ2) is 7.23. The molecule has 0 radical (unpaired) electrons. The van der Waals surface area contributed by atoms with Crippen LogP contribution >= 0.6 is 11.8 Å². The Hall–Kier alpha value is -1.42. The molecule has 0 bridgehead atoms. The van der Waals surface area contributed by atoms with Gasteiger partial charge in [-0.1, -0.05) is 0 Å². The highest BCUT2D eigenvalue weighted by molar-refractivity contribution is 7.99. The number of aromatic nitrogens is 1. The molecule has 9 heteroatoms. The Balaban J connectivity index is 1.75. The Morgan fingerprint density at radius 1 is 1.27 bits per heavy atom. The molecule has 0 unspecified atom stereocenters. The van der Waals surface area contributed by atoms with Crippen LogP contribution in [0.1, 0.15) is 0 Å². The molecule has 2 aliphatic rings. The molecular weight excluding hydrogens is 310 g/mol. The van der Waals surface area contributed by atoms with Crippen LogP contribution in [0, 0.1) is 10.1 Å². The molecule has 2 aliphatic heterocycles. The average molecular weight is 327 g/mol. The number of hydrogen-bond donors (Lipinski definition) is 0. The molecule has 3 heterocycles. The number of hydrogen-bond acceptors (Lipinski definition) is 8. The minimum absolute atomic E-state index is 0.0274. The Morgan fingerprint density at radius 3 is 2.68 bits per heavy atom. The third-order valence-corrected chi connectivity index (χ3v) is 4.36. The average Bonchev–Trinajstić information content (AvgIpc) is 3.07. The van der Waals surface area contributed by atoms with Crippen molar-refractivity contribution in [1.82, 2.24) is 4.98 Å². The summed E-state index contributed by atoms with van der Waals surface area (Å²) in [5.74, 6) is 1.03. The van der Waals surface area contributed by atoms with E-state index < -0.39 is 4.92 Å². The van der Waals surface area contributed by atoms with E-state index in [-0.39, 0.29) is 12.0 Å². The lowest BCUT2D eigenvalue weighted by Gasteiger charge is -2.27. The van der Waals surface area contributed by atoms with Crippen LogP contribution in [0.15, 0.2) is 17.2 Å². The highest BCUT2D eigenvalue weighted by atomic mass is 32.2. The van der Waals surface area contributed by atoms with Crippen molar-refractivity contribution < 1.29 is 19.1 Å². The molecule has 0 aliphatic carbocycles. The van der Waals surface area contributed by atoms with E-state index in [1.54, 1.807) is 6.07 Å². The van der Waals surface area contributed by atoms with E-state index in [0.717, 1.165) is 5.03 Å². The van der Waals surface area contributed by atoms with Gasteiger partial charge in [0.1, 0.15) is 0 Å². The molecule has 1 aromatic heterocycles. The number of nitrogens with zero attached hydrogens (tertiary/aromatic N) is 3. The van der Waals surface area contributed by atoms with Gasteiger partial charge in [0.05, 0.1) is 42.1 Å². The smallest absolute Gasteiger partial charge is 0.311 e. The van der Waals surface area contributed by atoms with Crippen molar-refractivity contribution in [3.8, 4) is 0 Å². The summed E-state index contributed by atoms with van der Waals surface area (Å²) in [5.41, 5.74) is 0.0274. The first-order chi connectivity index (χ1) is 10.7. The number of anilines is 1. The van der Waals surface area contributed by atoms with Crippen LogP contribution in [-0.4, -0.2) is 61.5 Å². The molecular formula is C13H17N3O5S. The lowest BCUT2D eigenvalue weighted by atomic mass is 10.3. The molecule has 3 rings (SSSR count). The minimum Gasteiger partial charge on any atom is -0.378 e. The molecule has 22 heavy (non-hydrogen) atoms. The van der Waals surface area contributed by atoms with Crippen molar-refractivity contribution in [2.45, 2.75) is 11.3 Å². The summed E-state index contributed by atoms with van der Waals surface area (Å²) < 4.78 is 16.0. The number of morpholine rings is 1. The zero-order chi connectivity index (χ0) is 15.4. The maximum absolute atomic E-state index is 11.2. The molecule has 120 valence electrons. The molecule has 0 atom stereocenters. The van der Waals surface area contributed by atoms with Crippen LogP contribution in [0.4, 0.5) is 11.5 Å². The van der Waals surface area contributed by atoms with Gasteiger partial charge in [-0.05, 0) is 6.07 Å². The summed E-state index contributed by atoms with van der Waals surface area (Å²) in [7, 11) is 0. The maximum Gasteiger partial charge on any atom is 0.311 e. The Bertz CT molecular complexity index is 532. The summed E-state index contributed by atoms with van der Waals surface area (Å²) in [6.07, 6.45) is -0.228. The number of thioether (sulfide) groups is 1. The third-order valence-electron chi connectivity index (χ3n) is 3.39. The van der Waals surface area contributed by atoms with Gasteiger partial charge < -0.3 is 19.1 Å². The van der Waals surface area contributed by atoms with Crippen LogP contribution in [0.5, 0.6) is 0 Å². The first kappa shape index (κ1) is 15.5. The normalized spacial score (nSPS) is 19.5. The summed E-state index contributed by atoms with van der Waals surface area (Å²) >= 11 is 1.47. The van der Waals surface area contributed by atoms with Gasteiger partial charge in [-0.2, -0.15) is 0 Å². The largest absolute Gasteiger partial charge is 0.378 e. The van der Waals surface area contributed by atoms with Crippen molar-refractivity contribution in [1.29, 1.82) is 0 Å². The van der Waals surface area contributed by atoms with Crippen molar-refractivity contribution in [3.05, 3.63) is 22.2 Å². The summed E-state index contributed by atoms with van der Waals surface area (Å²) in [6.45, 7) is 3.55. The Labute approximate surface area is 131 Å². The quantitative estimate of drug-likeness (QED) is 0.454. The third kappa shape index (κ3) is 3.67. The molecule has 0 amide bonds. The van der Waals surface area contributed by atoms with Crippen molar-refractivity contribution in [3.63, 3.8) is 0 Å². The van der Waals surface area contributed by atoms with Crippen molar-refractivity contribution >= 4 is 23.3 Å². The van der Waals surface area contributed by atoms with Gasteiger partial charge in [-0.3, -0.25) is 10.1 Å². The molecule has 0 aromatic carbocycles. The van der Waals surface area contributed by atoms with Crippen LogP contribution < -0.4 is 4.90 Å². The zero-order valence-corrected chi connectivity index (χ0v) is 12.8. The summed E-state index contributed by atoms with van der Waals surface area (Å²) in [4.78, 5) is 17.2. The van der Waals surface area contributed by atoms with Gasteiger partial charge in [-0.25, -0.2) is 4.98 Å². The maximum atomic E-state index is 11.2. The predicted octanol–water partition coefficient (Wildman–Crippen LogP) is 1.29. The van der Waals surface area contributed by atoms with E-state index in [2.05, 4.69) is 4.98 Å². The van der Waals surface area contributed by atoms with Gasteiger partial charge in [0, 0.05) is 19.2 Å². The molecule has 1 aromatic rings. The number of pyridine rings is 1. The first-order valence-corrected chi connectivity index (χ1v) is 8.07. The van der Waals surface area contributed by atoms with E-state index in [1.165, 1.54) is 17.8 Å². The monoisotopic (exact) mass is 327 g/mol. The minimum atomic E-state index is -0.393. The van der Waals surface area contributed by atoms with Crippen molar-refractivity contribution in [2.75, 3.05) is 50.2 Å². The fourth-order valence-electron chi connectivity index (χ4n) is 2.31. The topological polar surface area (TPSA) is 87.0 Å². The molecule has 2 saturated heterocycles. The molecule has 8 nitrogen and oxygen atoms in total. The molecule has 0 spiro atoms. The second-order valence-electron chi connectivity index (χ2n) is 4.83. The number of ether oxygens (including phenoxy) is 3. The molecule has 0 saturated carbocycles. The highest BCUT2D eigenvalue weighted by Crippen LogP contribution is 2.30. The first-order valence-electron chi connectivity index (χ1n) is 7.08. The van der Waals surface area contributed by atoms with Crippen LogP contribution in [-0.2, 0) is 14.2 Å². The lowest BCUT2D eigenvalue weighted by Crippen LogP contribution is -2.37. The van der Waals surface area contributed by atoms with E-state index >= 15 is 0 Å². The van der Waals surface area contributed by atoms with E-state index in [1.807, 2.05) is 4.90 Å². The van der Waals surface area contributed by atoms with E-state index in [4.69, 9.17) is 14.2 Å². The van der Waals surface area contributed by atoms with E-state index in [0.29, 0.717) is 51.1 Å². The van der Waals surface area contributed by atoms with Crippen LogP contribution in [0.3, 0.4) is 0 Å². The highest BCUT2D eigenvalue weighted by Gasteiger charge is 2.24. The lowest BCUT2D eigenvalue weighted by molar-refractivity contribution is -0.384. The van der Waals surface area contributed by atoms with Crippen molar-refractivity contribution in [2.24, 2.45) is 0 Å². The SMILES string of the molecule is O=[N+]([O-])c1ccc(SCC2OCCO2)nc1N1CCOCC1. The van der Waals surface area contributed by atoms with Gasteiger partial charge in [-0.15, -0.1) is 11.8 Å². The van der Waals surface area contributed by atoms with Gasteiger partial charge in [0.15, 0.2) is 6.29 Å². The molecule has 2 fully saturated rings. The zero-order valence-electron chi connectivity index (χ0n) is 12.0. The Kier molecular flexibility index (Phi) is 5.08. The second-order valence-corrected chi connectivity index (χ2v) is 5.87. The van der Waals surface area contributed by atoms with Crippen LogP contribution in [0.25, 0.3) is 0 Å². The standard InChI is InChI=1S/C13H17N3O5S/c17-16(18)10-1-2-11(22-9-12-20-7-8-21-12)14-13(10)15-3-5-19-6-4-15/h1-2,12H,3-9H2. The fraction of sp³-hybridized carbons (Fsp3) is 0.615. The van der Waals surface area contributed by atoms with E-state index in [9.17, 15) is 10.1 Å². The number of nitro groups is 1. The fourth-order valence-corrected chi connectivity index (χ4v) is 3.13. The molecule has 0 N–H and O–H groups in total. The van der Waals surface area contributed by atoms with Gasteiger partial charge in [0.25, 0.3) is 0 Å². The predicted molar refractivity (Wildman–Crippen MR) is 80.3 cm³/mol. The summed E-state index contributed by atoms with van der Waals surface area (Å²) in [5, 5.41) is 11.9. The van der Waals surface area contributed by atoms with Crippen LogP contribution in [0.2, 0.25) is 0 Å². The van der Waals surface area contributed by atoms with Gasteiger partial charge >= 0.3 is 5.69 Å². The Morgan fingerprint density at radius 2 is 2.00 bits per heavy atom.